The number of carboxylic acids is 1. The molecular formula is C24H26K2O4. The topological polar surface area (TPSA) is 74.3 Å². The number of carbonyl (C=O) groups is 1. The Hall–Kier alpha value is -0.217. The Kier molecular flexibility index (Phi) is 33.2. The van der Waals surface area contributed by atoms with Crippen molar-refractivity contribution in [3.05, 3.63) is 108 Å². The normalized spacial score (nSPS) is 12.9. The van der Waals surface area contributed by atoms with Crippen molar-refractivity contribution in [2.24, 2.45) is 0 Å². The number of carbonyl (C=O) groups excluding carboxylic acids is 3. The largest absolute Gasteiger partial charge is 1.00 e. The van der Waals surface area contributed by atoms with E-state index in [0.29, 0.717) is 0 Å². The van der Waals surface area contributed by atoms with E-state index in [-0.39, 0.29) is 109 Å². The minimum Gasteiger partial charge on any atom is -0.545 e. The van der Waals surface area contributed by atoms with E-state index >= 15 is 0 Å². The van der Waals surface area contributed by atoms with Crippen molar-refractivity contribution in [2.45, 2.75) is 27.7 Å². The molecule has 0 radical (unpaired) electrons. The van der Waals surface area contributed by atoms with Gasteiger partial charge in [0.15, 0.2) is 0 Å². The molecule has 0 aromatic carbocycles. The van der Waals surface area contributed by atoms with E-state index in [0.717, 1.165) is 28.4 Å². The van der Waals surface area contributed by atoms with Crippen LogP contribution in [0.2, 0.25) is 0 Å². The Balaban J connectivity index is -0.000000634. The van der Waals surface area contributed by atoms with Crippen molar-refractivity contribution in [2.75, 3.05) is 0 Å². The molecule has 0 aliphatic heterocycles. The second-order valence-electron chi connectivity index (χ2n) is 5.65. The van der Waals surface area contributed by atoms with Crippen molar-refractivity contribution >= 4 is 12.1 Å². The number of carboxylic acid groups (broad SMARTS) is 1. The maximum Gasteiger partial charge on any atom is 1.00 e. The van der Waals surface area contributed by atoms with E-state index < -0.39 is 5.97 Å². The zero-order valence-corrected chi connectivity index (χ0v) is 25.0. The molecule has 0 saturated heterocycles. The third-order valence-electron chi connectivity index (χ3n) is 3.01. The van der Waals surface area contributed by atoms with Gasteiger partial charge in [0, 0.05) is 0 Å². The molecule has 148 valence electrons. The van der Waals surface area contributed by atoms with E-state index in [1.54, 1.807) is 6.08 Å². The Bertz CT molecular complexity index is 784. The fraction of sp³-hybridized carbons (Fsp3) is 0.167. The second kappa shape index (κ2) is 26.8. The predicted octanol–water partition coefficient (Wildman–Crippen LogP) is -1.84. The number of allylic oxidation sites excluding steroid dienone is 16. The van der Waals surface area contributed by atoms with Crippen LogP contribution < -0.4 is 108 Å². The van der Waals surface area contributed by atoms with E-state index in [1.807, 2.05) is 88.5 Å². The first-order valence-electron chi connectivity index (χ1n) is 8.41. The summed E-state index contributed by atoms with van der Waals surface area (Å²) < 4.78 is 0. The summed E-state index contributed by atoms with van der Waals surface area (Å²) in [5.74, 6) is -1.19. The number of hydrogen-bond acceptors (Lipinski definition) is 4. The van der Waals surface area contributed by atoms with Crippen LogP contribution >= 0.6 is 0 Å². The van der Waals surface area contributed by atoms with Crippen molar-refractivity contribution in [3.8, 4) is 0 Å². The summed E-state index contributed by atoms with van der Waals surface area (Å²) in [7, 11) is 0. The molecule has 0 aliphatic carbocycles. The molecule has 0 rings (SSSR count). The van der Waals surface area contributed by atoms with E-state index in [1.165, 1.54) is 6.08 Å². The summed E-state index contributed by atoms with van der Waals surface area (Å²) in [4.78, 5) is 26.6. The molecule has 0 spiro atoms. The Morgan fingerprint density at radius 3 is 1.37 bits per heavy atom. The molecule has 0 aromatic rings. The van der Waals surface area contributed by atoms with Gasteiger partial charge in [0.25, 0.3) is 0 Å². The Morgan fingerprint density at radius 2 is 1.00 bits per heavy atom. The first-order valence-corrected chi connectivity index (χ1v) is 8.41. The first-order chi connectivity index (χ1) is 13.3. The molecule has 0 amide bonds. The predicted molar refractivity (Wildman–Crippen MR) is 110 cm³/mol. The quantitative estimate of drug-likeness (QED) is 0.177. The van der Waals surface area contributed by atoms with Gasteiger partial charge in [-0.3, -0.25) is 6.58 Å². The van der Waals surface area contributed by atoms with Gasteiger partial charge in [-0.25, -0.2) is 6.08 Å². The number of hydrogen-bond donors (Lipinski definition) is 0. The van der Waals surface area contributed by atoms with Gasteiger partial charge in [-0.05, 0) is 26.8 Å². The van der Waals surface area contributed by atoms with Crippen molar-refractivity contribution in [1.82, 2.24) is 0 Å². The average molecular weight is 457 g/mol. The smallest absolute Gasteiger partial charge is 0.545 e. The fourth-order valence-corrected chi connectivity index (χ4v) is 1.54. The molecule has 0 unspecified atom stereocenters. The van der Waals surface area contributed by atoms with Gasteiger partial charge in [0.05, 0.1) is 5.97 Å². The van der Waals surface area contributed by atoms with Crippen LogP contribution in [0.15, 0.2) is 101 Å². The fourth-order valence-electron chi connectivity index (χ4n) is 1.54. The molecule has 30 heavy (non-hydrogen) atoms. The molecular weight excluding hydrogens is 430 g/mol. The van der Waals surface area contributed by atoms with Crippen LogP contribution in [0.3, 0.4) is 0 Å². The number of rotatable bonds is 9. The molecule has 0 N–H and O–H groups in total. The summed E-state index contributed by atoms with van der Waals surface area (Å²) in [6, 6.07) is 0. The molecule has 0 heterocycles. The van der Waals surface area contributed by atoms with Crippen LogP contribution in [-0.4, -0.2) is 12.1 Å². The summed E-state index contributed by atoms with van der Waals surface area (Å²) in [5.41, 5.74) is 4.08. The summed E-state index contributed by atoms with van der Waals surface area (Å²) >= 11 is 0. The molecule has 0 aliphatic rings. The molecule has 0 aromatic heterocycles. The van der Waals surface area contributed by atoms with Gasteiger partial charge in [0.1, 0.15) is 0 Å². The zero-order chi connectivity index (χ0) is 21.8. The second-order valence-corrected chi connectivity index (χ2v) is 5.65. The third-order valence-corrected chi connectivity index (χ3v) is 3.01. The third kappa shape index (κ3) is 30.0. The monoisotopic (exact) mass is 456 g/mol. The van der Waals surface area contributed by atoms with Gasteiger partial charge in [-0.2, -0.15) is 15.2 Å². The Morgan fingerprint density at radius 1 is 0.667 bits per heavy atom. The summed E-state index contributed by atoms with van der Waals surface area (Å²) in [6.07, 6.45) is 23.9. The van der Waals surface area contributed by atoms with Crippen molar-refractivity contribution in [1.29, 1.82) is 0 Å². The van der Waals surface area contributed by atoms with Crippen LogP contribution in [0.4, 0.5) is 0 Å². The van der Waals surface area contributed by atoms with Crippen LogP contribution in [0, 0.1) is 6.58 Å². The summed E-state index contributed by atoms with van der Waals surface area (Å²) in [6.45, 7) is 13.2. The van der Waals surface area contributed by atoms with Gasteiger partial charge >= 0.3 is 109 Å². The van der Waals surface area contributed by atoms with Crippen LogP contribution in [0.1, 0.15) is 27.7 Å². The SMILES string of the molecule is O=C=O.[CH-]=C/C(C)=C/C=C/C(C)=C/C=C/C=C(C)/C=C/C=C(C)/C=C/C(=O)[O-].[K+].[K+]. The molecule has 0 atom stereocenters. The Labute approximate surface area is 265 Å². The molecule has 0 fully saturated rings. The van der Waals surface area contributed by atoms with E-state index in [4.69, 9.17) is 16.2 Å². The van der Waals surface area contributed by atoms with Crippen LogP contribution in [0.5, 0.6) is 0 Å². The minimum absolute atomic E-state index is 0. The maximum atomic E-state index is 10.3. The van der Waals surface area contributed by atoms with Gasteiger partial charge in [-0.1, -0.05) is 77.5 Å². The van der Waals surface area contributed by atoms with E-state index in [9.17, 15) is 9.90 Å². The van der Waals surface area contributed by atoms with Crippen LogP contribution in [0.25, 0.3) is 0 Å². The summed E-state index contributed by atoms with van der Waals surface area (Å²) in [5, 5.41) is 10.3. The van der Waals surface area contributed by atoms with Gasteiger partial charge in [0.2, 0.25) is 0 Å². The van der Waals surface area contributed by atoms with E-state index in [2.05, 4.69) is 0 Å². The molecule has 0 bridgehead atoms. The average Bonchev–Trinajstić information content (AvgIpc) is 2.64. The standard InChI is InChI=1S/C23H27O2.CO2.2K/c1-6-19(2)13-9-14-20(3)11-7-8-12-21(4)15-10-16-22(5)17-18-23(24)25;2-1-3;;/h1,6-18H,2-5H3,(H,24,25);;;/q-1;;2*+1/p-1/b8-7+,14-9+,15-10+,18-17+,19-13+,20-11+,21-12+,22-16+;;;. The minimum atomic E-state index is -1.19. The van der Waals surface area contributed by atoms with Gasteiger partial charge in [-0.15, -0.1) is 13.0 Å². The molecule has 4 nitrogen and oxygen atoms in total. The first kappa shape index (κ1) is 37.1. The maximum absolute atomic E-state index is 10.3. The zero-order valence-electron chi connectivity index (χ0n) is 18.7. The van der Waals surface area contributed by atoms with Crippen molar-refractivity contribution < 1.29 is 122 Å². The number of aliphatic carboxylic acids is 1. The van der Waals surface area contributed by atoms with Crippen LogP contribution in [-0.2, 0) is 14.4 Å². The van der Waals surface area contributed by atoms with Crippen molar-refractivity contribution in [3.63, 3.8) is 0 Å². The molecule has 0 saturated carbocycles. The molecule has 6 heteroatoms. The van der Waals surface area contributed by atoms with Gasteiger partial charge < -0.3 is 9.90 Å².